The third-order valence-corrected chi connectivity index (χ3v) is 11.2. The third-order valence-electron chi connectivity index (χ3n) is 10.2. The number of rotatable bonds is 5. The number of thiophene rings is 1. The molecule has 0 bridgehead atoms. The number of nitrogens with zero attached hydrogens (tertiary/aromatic N) is 5. The van der Waals surface area contributed by atoms with Gasteiger partial charge in [-0.05, 0) is 63.3 Å². The predicted molar refractivity (Wildman–Crippen MR) is 200 cm³/mol. The van der Waals surface area contributed by atoms with Crippen molar-refractivity contribution >= 4 is 49.2 Å². The quantitative estimate of drug-likeness (QED) is 0.190. The lowest BCUT2D eigenvalue weighted by molar-refractivity contribution is -0.137. The van der Waals surface area contributed by atoms with E-state index in [2.05, 4.69) is 20.2 Å². The van der Waals surface area contributed by atoms with Gasteiger partial charge < -0.3 is 30.2 Å². The zero-order chi connectivity index (χ0) is 40.1. The van der Waals surface area contributed by atoms with Crippen molar-refractivity contribution < 1.29 is 45.3 Å². The van der Waals surface area contributed by atoms with Crippen LogP contribution in [0.5, 0.6) is 6.01 Å². The summed E-state index contributed by atoms with van der Waals surface area (Å²) in [5.74, 6) is -2.15. The molecular formula is C38H43F6N7O4S. The monoisotopic (exact) mass is 807 g/mol. The maximum atomic E-state index is 15.9. The van der Waals surface area contributed by atoms with Gasteiger partial charge in [-0.25, -0.2) is 18.0 Å². The van der Waals surface area contributed by atoms with Crippen LogP contribution in [0.2, 0.25) is 0 Å². The Hall–Kier alpha value is -4.60. The summed E-state index contributed by atoms with van der Waals surface area (Å²) in [7, 11) is 1.23. The summed E-state index contributed by atoms with van der Waals surface area (Å²) >= 11 is 0.698. The predicted octanol–water partition coefficient (Wildman–Crippen LogP) is 8.29. The van der Waals surface area contributed by atoms with Gasteiger partial charge in [-0.1, -0.05) is 6.07 Å². The van der Waals surface area contributed by atoms with E-state index in [1.165, 1.54) is 20.0 Å². The van der Waals surface area contributed by atoms with Crippen LogP contribution in [0.1, 0.15) is 63.0 Å². The fraction of sp³-hybridized carbons (Fsp3) is 0.526. The molecule has 0 radical (unpaired) electrons. The van der Waals surface area contributed by atoms with E-state index in [-0.39, 0.29) is 62.2 Å². The first-order valence-corrected chi connectivity index (χ1v) is 19.4. The second-order valence-corrected chi connectivity index (χ2v) is 14.9. The van der Waals surface area contributed by atoms with E-state index in [4.69, 9.17) is 19.9 Å². The minimum atomic E-state index is -5.00. The maximum Gasteiger partial charge on any atom is 0.417 e. The Bertz CT molecular complexity index is 2070. The molecule has 0 saturated carbocycles. The summed E-state index contributed by atoms with van der Waals surface area (Å²) in [5, 5.41) is 11.8. The summed E-state index contributed by atoms with van der Waals surface area (Å²) in [4.78, 5) is 23.6. The number of hydrogen-bond donors (Lipinski definition) is 2. The molecule has 1 amide bonds. The zero-order valence-electron chi connectivity index (χ0n) is 31.0. The van der Waals surface area contributed by atoms with Crippen LogP contribution in [0.3, 0.4) is 0 Å². The van der Waals surface area contributed by atoms with Crippen LogP contribution >= 0.6 is 11.3 Å². The standard InChI is InChI=1S/C21H14F5N5OS.C10H17NO3.C7H12FN/c1-3-29-19-9-6-11(21(24,25)26)14(15(23)16(9)30-20(31-19)32-2)8-4-5-12(22)17-13(8)10(7-27)18(28)33-17;12-10(11-5-1-2-6-11)14-9-3-7-13-8-4-9;8-6-4-7-2-1-3-9(7)5-6/h4-6H,3,28H2,1-2H3,(H,29,30,31);9H,1-8H2;6-7H,1-5H2. The number of nitrogen functional groups attached to an aromatic ring is 1. The molecule has 2 unspecified atom stereocenters. The molecule has 0 spiro atoms. The summed E-state index contributed by atoms with van der Waals surface area (Å²) < 4.78 is 101. The van der Waals surface area contributed by atoms with Crippen LogP contribution in [0, 0.1) is 23.0 Å². The molecule has 4 saturated heterocycles. The minimum absolute atomic E-state index is 0.0444. The molecular weight excluding hydrogens is 765 g/mol. The first-order chi connectivity index (χ1) is 26.8. The number of fused-ring (bicyclic) bond motifs is 3. The van der Waals surface area contributed by atoms with E-state index in [9.17, 15) is 32.0 Å². The number of hydrogen-bond acceptors (Lipinski definition) is 11. The number of alkyl halides is 4. The average Bonchev–Trinajstić information content (AvgIpc) is 3.98. The molecule has 4 aromatic rings. The topological polar surface area (TPSA) is 139 Å². The highest BCUT2D eigenvalue weighted by molar-refractivity contribution is 7.23. The van der Waals surface area contributed by atoms with Crippen molar-refractivity contribution in [2.45, 2.75) is 76.4 Å². The lowest BCUT2D eigenvalue weighted by Crippen LogP contribution is -2.34. The van der Waals surface area contributed by atoms with Crippen molar-refractivity contribution in [3.05, 3.63) is 41.0 Å². The number of nitriles is 1. The van der Waals surface area contributed by atoms with Crippen LogP contribution in [-0.4, -0.2) is 97.2 Å². The van der Waals surface area contributed by atoms with Gasteiger partial charge >= 0.3 is 18.3 Å². The van der Waals surface area contributed by atoms with E-state index in [0.717, 1.165) is 83.2 Å². The minimum Gasteiger partial charge on any atom is -0.467 e. The summed E-state index contributed by atoms with van der Waals surface area (Å²) in [6, 6.07) is 4.75. The highest BCUT2D eigenvalue weighted by Gasteiger charge is 2.38. The molecule has 0 aliphatic carbocycles. The van der Waals surface area contributed by atoms with Crippen LogP contribution in [0.15, 0.2) is 18.2 Å². The fourth-order valence-corrected chi connectivity index (χ4v) is 8.48. The van der Waals surface area contributed by atoms with Gasteiger partial charge in [0.05, 0.1) is 36.2 Å². The number of halogens is 6. The Morgan fingerprint density at radius 1 is 1.12 bits per heavy atom. The van der Waals surface area contributed by atoms with Crippen molar-refractivity contribution in [3.8, 4) is 23.2 Å². The van der Waals surface area contributed by atoms with Crippen LogP contribution in [-0.2, 0) is 15.7 Å². The number of nitrogens with one attached hydrogen (secondary N) is 1. The Morgan fingerprint density at radius 3 is 2.50 bits per heavy atom. The summed E-state index contributed by atoms with van der Waals surface area (Å²) in [6.45, 7) is 7.00. The molecule has 2 atom stereocenters. The van der Waals surface area contributed by atoms with Gasteiger partial charge in [-0.2, -0.15) is 28.4 Å². The fourth-order valence-electron chi connectivity index (χ4n) is 7.53. The van der Waals surface area contributed by atoms with E-state index < -0.39 is 40.6 Å². The zero-order valence-corrected chi connectivity index (χ0v) is 31.8. The smallest absolute Gasteiger partial charge is 0.417 e. The first-order valence-electron chi connectivity index (χ1n) is 18.6. The van der Waals surface area contributed by atoms with Crippen LogP contribution < -0.4 is 15.8 Å². The normalized spacial score (nSPS) is 19.9. The van der Waals surface area contributed by atoms with E-state index in [0.29, 0.717) is 23.9 Å². The maximum absolute atomic E-state index is 15.9. The first kappa shape index (κ1) is 41.0. The second kappa shape index (κ2) is 17.7. The number of carbonyl (C=O) groups is 1. The number of likely N-dealkylation sites (tertiary alicyclic amines) is 1. The number of anilines is 2. The number of methoxy groups -OCH3 is 1. The molecule has 3 N–H and O–H groups in total. The summed E-state index contributed by atoms with van der Waals surface area (Å²) in [6.07, 6.45) is 1.69. The molecule has 2 aromatic carbocycles. The van der Waals surface area contributed by atoms with Crippen molar-refractivity contribution in [2.24, 2.45) is 0 Å². The molecule has 18 heteroatoms. The van der Waals surface area contributed by atoms with E-state index in [1.54, 1.807) is 17.9 Å². The number of ether oxygens (including phenoxy) is 3. The van der Waals surface area contributed by atoms with Crippen LogP contribution in [0.4, 0.5) is 42.0 Å². The molecule has 11 nitrogen and oxygen atoms in total. The highest BCUT2D eigenvalue weighted by Crippen LogP contribution is 2.47. The summed E-state index contributed by atoms with van der Waals surface area (Å²) in [5.41, 5.74) is 2.59. The van der Waals surface area contributed by atoms with Gasteiger partial charge in [-0.3, -0.25) is 4.90 Å². The number of amides is 1. The van der Waals surface area contributed by atoms with Crippen LogP contribution in [0.25, 0.3) is 32.1 Å². The van der Waals surface area contributed by atoms with Gasteiger partial charge in [0, 0.05) is 61.4 Å². The van der Waals surface area contributed by atoms with Crippen molar-refractivity contribution in [1.29, 1.82) is 5.26 Å². The van der Waals surface area contributed by atoms with Crippen molar-refractivity contribution in [3.63, 3.8) is 0 Å². The molecule has 6 heterocycles. The Morgan fingerprint density at radius 2 is 1.86 bits per heavy atom. The van der Waals surface area contributed by atoms with Gasteiger partial charge in [0.15, 0.2) is 5.82 Å². The molecule has 8 rings (SSSR count). The van der Waals surface area contributed by atoms with E-state index >= 15 is 4.39 Å². The van der Waals surface area contributed by atoms with Gasteiger partial charge in [0.1, 0.15) is 40.5 Å². The van der Waals surface area contributed by atoms with Gasteiger partial charge in [0.2, 0.25) is 0 Å². The Balaban J connectivity index is 0.000000186. The lowest BCUT2D eigenvalue weighted by atomic mass is 9.92. The second-order valence-electron chi connectivity index (χ2n) is 13.9. The van der Waals surface area contributed by atoms with Gasteiger partial charge in [0.25, 0.3) is 0 Å². The molecule has 4 aliphatic heterocycles. The average molecular weight is 808 g/mol. The largest absolute Gasteiger partial charge is 0.467 e. The molecule has 4 fully saturated rings. The molecule has 4 aliphatic rings. The number of carbonyl (C=O) groups excluding carboxylic acids is 1. The number of nitrogens with two attached hydrogens (primary N) is 1. The van der Waals surface area contributed by atoms with Gasteiger partial charge in [-0.15, -0.1) is 11.3 Å². The Kier molecular flexibility index (Phi) is 13.0. The molecule has 56 heavy (non-hydrogen) atoms. The van der Waals surface area contributed by atoms with Crippen molar-refractivity contribution in [2.75, 3.05) is 64.1 Å². The SMILES string of the molecule is CCNc1nc(OC)nc2c(F)c(-c3ccc(F)c4sc(N)c(C#N)c34)c(C(F)(F)F)cc12.FC1CC2CCCN2C1.O=C(OC1CCOCC1)N1CCCC1. The third kappa shape index (κ3) is 8.84. The lowest BCUT2D eigenvalue weighted by Gasteiger charge is -2.24. The molecule has 302 valence electrons. The van der Waals surface area contributed by atoms with Crippen molar-refractivity contribution in [1.82, 2.24) is 19.8 Å². The number of aromatic nitrogens is 2. The highest BCUT2D eigenvalue weighted by atomic mass is 32.1. The Labute approximate surface area is 323 Å². The molecule has 2 aromatic heterocycles. The van der Waals surface area contributed by atoms with E-state index in [1.807, 2.05) is 0 Å². The number of benzene rings is 2.